The molecule has 0 radical (unpaired) electrons. The van der Waals surface area contributed by atoms with E-state index in [9.17, 15) is 22.0 Å². The molecule has 1 atom stereocenters. The molecule has 0 aromatic heterocycles. The van der Waals surface area contributed by atoms with Crippen LogP contribution in [0.25, 0.3) is 0 Å². The molecular formula is C17H23F2N3O3S. The van der Waals surface area contributed by atoms with Crippen LogP contribution in [0, 0.1) is 17.6 Å². The zero-order valence-electron chi connectivity index (χ0n) is 14.4. The lowest BCUT2D eigenvalue weighted by Crippen LogP contribution is -2.47. The fraction of sp³-hybridized carbons (Fsp3) is 0.588. The van der Waals surface area contributed by atoms with Gasteiger partial charge in [-0.15, -0.1) is 0 Å². The maximum atomic E-state index is 13.9. The van der Waals surface area contributed by atoms with Gasteiger partial charge in [0, 0.05) is 31.6 Å². The lowest BCUT2D eigenvalue weighted by molar-refractivity contribution is -0.137. The van der Waals surface area contributed by atoms with Crippen molar-refractivity contribution in [2.24, 2.45) is 11.1 Å². The number of halogens is 2. The predicted octanol–water partition coefficient (Wildman–Crippen LogP) is 1.41. The van der Waals surface area contributed by atoms with Crippen molar-refractivity contribution in [3.63, 3.8) is 0 Å². The van der Waals surface area contributed by atoms with Crippen molar-refractivity contribution in [1.82, 2.24) is 9.21 Å². The normalized spacial score (nSPS) is 22.7. The molecule has 0 bridgehead atoms. The smallest absolute Gasteiger partial charge is 0.276 e. The predicted molar refractivity (Wildman–Crippen MR) is 92.2 cm³/mol. The van der Waals surface area contributed by atoms with Gasteiger partial charge in [0.1, 0.15) is 11.6 Å². The second kappa shape index (κ2) is 7.58. The van der Waals surface area contributed by atoms with E-state index in [2.05, 4.69) is 0 Å². The fourth-order valence-electron chi connectivity index (χ4n) is 3.88. The largest absolute Gasteiger partial charge is 0.339 e. The van der Waals surface area contributed by atoms with Crippen molar-refractivity contribution in [2.45, 2.75) is 38.1 Å². The summed E-state index contributed by atoms with van der Waals surface area (Å²) in [4.78, 5) is 14.6. The van der Waals surface area contributed by atoms with Crippen LogP contribution in [0.4, 0.5) is 8.78 Å². The summed E-state index contributed by atoms with van der Waals surface area (Å²) < 4.78 is 51.2. The molecule has 144 valence electrons. The number of carbonyl (C=O) groups excluding carboxylic acids is 1. The van der Waals surface area contributed by atoms with Crippen molar-refractivity contribution in [3.05, 3.63) is 35.4 Å². The average Bonchev–Trinajstić information content (AvgIpc) is 3.05. The molecule has 2 fully saturated rings. The van der Waals surface area contributed by atoms with Crippen molar-refractivity contribution < 1.29 is 22.0 Å². The first-order valence-electron chi connectivity index (χ1n) is 8.78. The highest BCUT2D eigenvalue weighted by molar-refractivity contribution is 7.86. The molecule has 6 nitrogen and oxygen atoms in total. The summed E-state index contributed by atoms with van der Waals surface area (Å²) >= 11 is 0. The maximum Gasteiger partial charge on any atom is 0.276 e. The standard InChI is InChI=1S/C17H23F2N3O3S/c18-14-3-4-16(19)13(10-14)11-15-2-1-7-22(15)17(23)12-5-8-21(9-6-12)26(20,24)25/h3-4,10,12,15H,1-2,5-9,11H2,(H2,20,24,25). The molecule has 2 N–H and O–H groups in total. The van der Waals surface area contributed by atoms with Crippen LogP contribution in [-0.2, 0) is 21.4 Å². The van der Waals surface area contributed by atoms with Crippen molar-refractivity contribution in [3.8, 4) is 0 Å². The van der Waals surface area contributed by atoms with Gasteiger partial charge in [0.15, 0.2) is 0 Å². The Balaban J connectivity index is 1.65. The molecule has 0 spiro atoms. The second-order valence-corrected chi connectivity index (χ2v) is 8.53. The fourth-order valence-corrected chi connectivity index (χ4v) is 4.60. The molecule has 2 aliphatic heterocycles. The molecule has 0 aliphatic carbocycles. The number of likely N-dealkylation sites (tertiary alicyclic amines) is 1. The van der Waals surface area contributed by atoms with Gasteiger partial charge in [0.25, 0.3) is 10.2 Å². The van der Waals surface area contributed by atoms with Gasteiger partial charge in [-0.25, -0.2) is 13.9 Å². The Morgan fingerprint density at radius 3 is 2.50 bits per heavy atom. The summed E-state index contributed by atoms with van der Waals surface area (Å²) in [5.74, 6) is -1.25. The Morgan fingerprint density at radius 2 is 1.85 bits per heavy atom. The number of carbonyl (C=O) groups is 1. The van der Waals surface area contributed by atoms with E-state index in [1.54, 1.807) is 4.90 Å². The quantitative estimate of drug-likeness (QED) is 0.848. The Kier molecular flexibility index (Phi) is 5.59. The second-order valence-electron chi connectivity index (χ2n) is 6.99. The van der Waals surface area contributed by atoms with Crippen LogP contribution >= 0.6 is 0 Å². The molecular weight excluding hydrogens is 364 g/mol. The summed E-state index contributed by atoms with van der Waals surface area (Å²) in [5.41, 5.74) is 0.277. The van der Waals surface area contributed by atoms with E-state index in [0.29, 0.717) is 19.4 Å². The highest BCUT2D eigenvalue weighted by Crippen LogP contribution is 2.28. The van der Waals surface area contributed by atoms with Crippen LogP contribution in [0.5, 0.6) is 0 Å². The molecule has 2 saturated heterocycles. The molecule has 1 unspecified atom stereocenters. The van der Waals surface area contributed by atoms with E-state index in [4.69, 9.17) is 5.14 Å². The Labute approximate surface area is 152 Å². The molecule has 1 aromatic carbocycles. The van der Waals surface area contributed by atoms with E-state index in [1.807, 2.05) is 0 Å². The van der Waals surface area contributed by atoms with Crippen LogP contribution in [0.3, 0.4) is 0 Å². The third-order valence-electron chi connectivity index (χ3n) is 5.29. The monoisotopic (exact) mass is 387 g/mol. The van der Waals surface area contributed by atoms with Crippen LogP contribution in [0.1, 0.15) is 31.2 Å². The molecule has 2 heterocycles. The first kappa shape index (κ1) is 19.2. The number of hydrogen-bond acceptors (Lipinski definition) is 3. The third kappa shape index (κ3) is 4.21. The third-order valence-corrected chi connectivity index (χ3v) is 6.37. The molecule has 2 aliphatic rings. The SMILES string of the molecule is NS(=O)(=O)N1CCC(C(=O)N2CCCC2Cc2cc(F)ccc2F)CC1. The van der Waals surface area contributed by atoms with Crippen molar-refractivity contribution in [1.29, 1.82) is 0 Å². The lowest BCUT2D eigenvalue weighted by atomic mass is 9.95. The van der Waals surface area contributed by atoms with Crippen molar-refractivity contribution >= 4 is 16.1 Å². The van der Waals surface area contributed by atoms with E-state index in [1.165, 1.54) is 10.4 Å². The van der Waals surface area contributed by atoms with Gasteiger partial charge in [-0.3, -0.25) is 4.79 Å². The summed E-state index contributed by atoms with van der Waals surface area (Å²) in [6, 6.07) is 3.21. The first-order valence-corrected chi connectivity index (χ1v) is 10.3. The molecule has 0 saturated carbocycles. The first-order chi connectivity index (χ1) is 12.3. The summed E-state index contributed by atoms with van der Waals surface area (Å²) in [6.45, 7) is 1.05. The Morgan fingerprint density at radius 1 is 1.15 bits per heavy atom. The van der Waals surface area contributed by atoms with Crippen molar-refractivity contribution in [2.75, 3.05) is 19.6 Å². The minimum atomic E-state index is -3.72. The summed E-state index contributed by atoms with van der Waals surface area (Å²) in [5, 5.41) is 5.12. The zero-order chi connectivity index (χ0) is 18.9. The molecule has 26 heavy (non-hydrogen) atoms. The summed E-state index contributed by atoms with van der Waals surface area (Å²) in [7, 11) is -3.72. The number of benzene rings is 1. The van der Waals surface area contributed by atoms with E-state index < -0.39 is 21.8 Å². The summed E-state index contributed by atoms with van der Waals surface area (Å²) in [6.07, 6.45) is 2.70. The van der Waals surface area contributed by atoms with Gasteiger partial charge < -0.3 is 4.90 Å². The number of piperidine rings is 1. The number of rotatable bonds is 4. The molecule has 1 aromatic rings. The Bertz CT molecular complexity index is 779. The van der Waals surface area contributed by atoms with Gasteiger partial charge in [-0.05, 0) is 55.9 Å². The highest BCUT2D eigenvalue weighted by Gasteiger charge is 2.36. The van der Waals surface area contributed by atoms with E-state index in [-0.39, 0.29) is 42.9 Å². The van der Waals surface area contributed by atoms with Crippen LogP contribution in [-0.4, -0.2) is 49.2 Å². The lowest BCUT2D eigenvalue weighted by Gasteiger charge is -2.33. The van der Waals surface area contributed by atoms with E-state index in [0.717, 1.165) is 25.0 Å². The number of nitrogens with zero attached hydrogens (tertiary/aromatic N) is 2. The number of amides is 1. The highest BCUT2D eigenvalue weighted by atomic mass is 32.2. The maximum absolute atomic E-state index is 13.9. The zero-order valence-corrected chi connectivity index (χ0v) is 15.2. The molecule has 3 rings (SSSR count). The van der Waals surface area contributed by atoms with Crippen LogP contribution in [0.2, 0.25) is 0 Å². The Hall–Kier alpha value is -1.58. The number of nitrogens with two attached hydrogens (primary N) is 1. The van der Waals surface area contributed by atoms with Gasteiger partial charge in [0.05, 0.1) is 0 Å². The van der Waals surface area contributed by atoms with Crippen LogP contribution < -0.4 is 5.14 Å². The van der Waals surface area contributed by atoms with Gasteiger partial charge >= 0.3 is 0 Å². The average molecular weight is 387 g/mol. The van der Waals surface area contributed by atoms with Gasteiger partial charge in [-0.2, -0.15) is 12.7 Å². The van der Waals surface area contributed by atoms with E-state index >= 15 is 0 Å². The molecule has 1 amide bonds. The minimum Gasteiger partial charge on any atom is -0.339 e. The molecule has 9 heteroatoms. The van der Waals surface area contributed by atoms with Gasteiger partial charge in [-0.1, -0.05) is 0 Å². The van der Waals surface area contributed by atoms with Crippen LogP contribution in [0.15, 0.2) is 18.2 Å². The topological polar surface area (TPSA) is 83.7 Å². The minimum absolute atomic E-state index is 0.0293. The number of hydrogen-bond donors (Lipinski definition) is 1. The van der Waals surface area contributed by atoms with Gasteiger partial charge in [0.2, 0.25) is 5.91 Å².